The van der Waals surface area contributed by atoms with Crippen LogP contribution < -0.4 is 0 Å². The van der Waals surface area contributed by atoms with Gasteiger partial charge < -0.3 is 5.11 Å². The van der Waals surface area contributed by atoms with E-state index >= 15 is 0 Å². The van der Waals surface area contributed by atoms with Gasteiger partial charge in [0.2, 0.25) is 0 Å². The van der Waals surface area contributed by atoms with Crippen LogP contribution in [0.3, 0.4) is 0 Å². The zero-order valence-corrected chi connectivity index (χ0v) is 13.6. The Bertz CT molecular complexity index is 867. The van der Waals surface area contributed by atoms with Crippen molar-refractivity contribution < 1.29 is 5.11 Å². The predicted molar refractivity (Wildman–Crippen MR) is 91.5 cm³/mol. The topological polar surface area (TPSA) is 74.7 Å². The molecule has 0 radical (unpaired) electrons. The molecular formula is C18H15ClN4O. The fourth-order valence-electron chi connectivity index (χ4n) is 2.47. The normalized spacial score (nSPS) is 11.9. The van der Waals surface area contributed by atoms with Crippen LogP contribution in [0.4, 0.5) is 0 Å². The lowest BCUT2D eigenvalue weighted by atomic mass is 10.1. The third kappa shape index (κ3) is 3.62. The first-order chi connectivity index (χ1) is 11.7. The van der Waals surface area contributed by atoms with E-state index in [0.717, 1.165) is 11.1 Å². The van der Waals surface area contributed by atoms with Crippen LogP contribution in [0, 0.1) is 11.3 Å². The Morgan fingerprint density at radius 1 is 1.21 bits per heavy atom. The predicted octanol–water partition coefficient (Wildman–Crippen LogP) is 3.25. The number of nitriles is 1. The molecule has 0 fully saturated rings. The molecule has 0 aliphatic carbocycles. The van der Waals surface area contributed by atoms with Gasteiger partial charge in [0, 0.05) is 10.6 Å². The van der Waals surface area contributed by atoms with Crippen molar-refractivity contribution in [2.45, 2.75) is 12.5 Å². The average molecular weight is 339 g/mol. The van der Waals surface area contributed by atoms with E-state index in [4.69, 9.17) is 16.9 Å². The fraction of sp³-hybridized carbons (Fsp3) is 0.167. The van der Waals surface area contributed by atoms with Gasteiger partial charge in [-0.15, -0.1) is 5.10 Å². The first-order valence-electron chi connectivity index (χ1n) is 7.47. The van der Waals surface area contributed by atoms with E-state index in [0.29, 0.717) is 22.7 Å². The lowest BCUT2D eigenvalue weighted by Gasteiger charge is -2.14. The maximum absolute atomic E-state index is 9.70. The smallest absolute Gasteiger partial charge is 0.113 e. The molecule has 1 N–H and O–H groups in total. The van der Waals surface area contributed by atoms with E-state index in [1.54, 1.807) is 23.0 Å². The van der Waals surface area contributed by atoms with Gasteiger partial charge in [-0.1, -0.05) is 41.1 Å². The molecule has 1 aromatic heterocycles. The number of hydrogen-bond acceptors (Lipinski definition) is 4. The molecule has 2 aromatic carbocycles. The van der Waals surface area contributed by atoms with Gasteiger partial charge in [0.15, 0.2) is 0 Å². The van der Waals surface area contributed by atoms with Gasteiger partial charge in [-0.2, -0.15) is 5.26 Å². The Kier molecular flexibility index (Phi) is 4.90. The third-order valence-corrected chi connectivity index (χ3v) is 4.02. The number of benzene rings is 2. The molecule has 0 spiro atoms. The van der Waals surface area contributed by atoms with Crippen LogP contribution in [0.15, 0.2) is 54.7 Å². The molecule has 1 atom stereocenters. The molecule has 0 aliphatic rings. The maximum Gasteiger partial charge on any atom is 0.113 e. The van der Waals surface area contributed by atoms with Crippen LogP contribution in [0.1, 0.15) is 17.2 Å². The molecule has 1 heterocycles. The second-order valence-electron chi connectivity index (χ2n) is 5.44. The number of halogens is 1. The minimum Gasteiger partial charge on any atom is -0.394 e. The van der Waals surface area contributed by atoms with Gasteiger partial charge in [0.1, 0.15) is 5.69 Å². The van der Waals surface area contributed by atoms with Crippen LogP contribution in [0.2, 0.25) is 5.02 Å². The van der Waals surface area contributed by atoms with Crippen molar-refractivity contribution in [2.24, 2.45) is 0 Å². The molecular weight excluding hydrogens is 324 g/mol. The second-order valence-corrected chi connectivity index (χ2v) is 5.88. The van der Waals surface area contributed by atoms with Gasteiger partial charge in [-0.25, -0.2) is 4.68 Å². The molecule has 0 unspecified atom stereocenters. The van der Waals surface area contributed by atoms with E-state index in [2.05, 4.69) is 16.4 Å². The molecule has 120 valence electrons. The van der Waals surface area contributed by atoms with E-state index in [-0.39, 0.29) is 12.6 Å². The van der Waals surface area contributed by atoms with Crippen molar-refractivity contribution in [3.63, 3.8) is 0 Å². The Balaban J connectivity index is 1.82. The van der Waals surface area contributed by atoms with Crippen molar-refractivity contribution in [3.05, 3.63) is 70.9 Å². The zero-order chi connectivity index (χ0) is 16.9. The Morgan fingerprint density at radius 3 is 2.71 bits per heavy atom. The Morgan fingerprint density at radius 2 is 2.00 bits per heavy atom. The highest BCUT2D eigenvalue weighted by molar-refractivity contribution is 6.30. The minimum absolute atomic E-state index is 0.0519. The highest BCUT2D eigenvalue weighted by atomic mass is 35.5. The lowest BCUT2D eigenvalue weighted by molar-refractivity contribution is 0.216. The molecule has 3 rings (SSSR count). The van der Waals surface area contributed by atoms with Crippen molar-refractivity contribution in [3.8, 4) is 17.3 Å². The molecule has 5 nitrogen and oxygen atoms in total. The van der Waals surface area contributed by atoms with Crippen LogP contribution in [-0.4, -0.2) is 26.7 Å². The highest BCUT2D eigenvalue weighted by Crippen LogP contribution is 2.21. The Labute approximate surface area is 144 Å². The summed E-state index contributed by atoms with van der Waals surface area (Å²) < 4.78 is 1.66. The summed E-state index contributed by atoms with van der Waals surface area (Å²) in [7, 11) is 0. The highest BCUT2D eigenvalue weighted by Gasteiger charge is 2.14. The lowest BCUT2D eigenvalue weighted by Crippen LogP contribution is -2.16. The molecule has 0 amide bonds. The average Bonchev–Trinajstić information content (AvgIpc) is 3.11. The van der Waals surface area contributed by atoms with Crippen LogP contribution >= 0.6 is 11.6 Å². The van der Waals surface area contributed by atoms with Crippen LogP contribution in [0.25, 0.3) is 11.3 Å². The van der Waals surface area contributed by atoms with E-state index < -0.39 is 0 Å². The maximum atomic E-state index is 9.70. The standard InChI is InChI=1S/C18H15ClN4O/c19-16-6-4-13(5-7-16)9-17(12-24)23-11-18(21-22-23)15-3-1-2-14(8-15)10-20/h1-8,11,17,24H,9,12H2/t17-/m1/s1. The van der Waals surface area contributed by atoms with Crippen LogP contribution in [-0.2, 0) is 6.42 Å². The van der Waals surface area contributed by atoms with Gasteiger partial charge in [-0.05, 0) is 36.2 Å². The SMILES string of the molecule is N#Cc1cccc(-c2cn([C@@H](CO)Cc3ccc(Cl)cc3)nn2)c1. The summed E-state index contributed by atoms with van der Waals surface area (Å²) in [5.41, 5.74) is 3.12. The number of nitrogens with zero attached hydrogens (tertiary/aromatic N) is 4. The summed E-state index contributed by atoms with van der Waals surface area (Å²) in [4.78, 5) is 0. The van der Waals surface area contributed by atoms with Crippen molar-refractivity contribution >= 4 is 11.6 Å². The number of rotatable bonds is 5. The van der Waals surface area contributed by atoms with E-state index in [1.165, 1.54) is 0 Å². The summed E-state index contributed by atoms with van der Waals surface area (Å²) in [6.07, 6.45) is 2.40. The van der Waals surface area contributed by atoms with Gasteiger partial charge in [0.05, 0.1) is 30.5 Å². The van der Waals surface area contributed by atoms with E-state index in [9.17, 15) is 5.11 Å². The molecule has 24 heavy (non-hydrogen) atoms. The minimum atomic E-state index is -0.216. The van der Waals surface area contributed by atoms with Gasteiger partial charge in [0.25, 0.3) is 0 Å². The van der Waals surface area contributed by atoms with Gasteiger partial charge >= 0.3 is 0 Å². The summed E-state index contributed by atoms with van der Waals surface area (Å²) in [6.45, 7) is -0.0519. The quantitative estimate of drug-likeness (QED) is 0.775. The molecule has 3 aromatic rings. The third-order valence-electron chi connectivity index (χ3n) is 3.77. The zero-order valence-electron chi connectivity index (χ0n) is 12.8. The molecule has 0 saturated carbocycles. The fourth-order valence-corrected chi connectivity index (χ4v) is 2.60. The summed E-state index contributed by atoms with van der Waals surface area (Å²) in [5, 5.41) is 27.7. The first kappa shape index (κ1) is 16.2. The van der Waals surface area contributed by atoms with E-state index in [1.807, 2.05) is 36.4 Å². The van der Waals surface area contributed by atoms with Gasteiger partial charge in [-0.3, -0.25) is 0 Å². The molecule has 0 aliphatic heterocycles. The molecule has 0 bridgehead atoms. The molecule has 6 heteroatoms. The number of aromatic nitrogens is 3. The number of hydrogen-bond donors (Lipinski definition) is 1. The summed E-state index contributed by atoms with van der Waals surface area (Å²) >= 11 is 5.90. The first-order valence-corrected chi connectivity index (χ1v) is 7.85. The van der Waals surface area contributed by atoms with Crippen molar-refractivity contribution in [2.75, 3.05) is 6.61 Å². The summed E-state index contributed by atoms with van der Waals surface area (Å²) in [5.74, 6) is 0. The van der Waals surface area contributed by atoms with Crippen molar-refractivity contribution in [1.82, 2.24) is 15.0 Å². The largest absolute Gasteiger partial charge is 0.394 e. The Hall–Kier alpha value is -2.68. The number of aliphatic hydroxyl groups excluding tert-OH is 1. The number of aliphatic hydroxyl groups is 1. The van der Waals surface area contributed by atoms with Crippen molar-refractivity contribution in [1.29, 1.82) is 5.26 Å². The monoisotopic (exact) mass is 338 g/mol. The second kappa shape index (κ2) is 7.26. The van der Waals surface area contributed by atoms with Crippen LogP contribution in [0.5, 0.6) is 0 Å². The summed E-state index contributed by atoms with van der Waals surface area (Å²) in [6, 6.07) is 16.6. The molecule has 0 saturated heterocycles.